The quantitative estimate of drug-likeness (QED) is 0.503. The maximum Gasteiger partial charge on any atom is 0.110 e. The summed E-state index contributed by atoms with van der Waals surface area (Å²) in [5.41, 5.74) is 4.07. The summed E-state index contributed by atoms with van der Waals surface area (Å²) in [5.74, 6) is 0. The zero-order valence-corrected chi connectivity index (χ0v) is 8.94. The molecular weight excluding hydrogens is 186 g/mol. The summed E-state index contributed by atoms with van der Waals surface area (Å²) in [6.07, 6.45) is 1.55. The van der Waals surface area contributed by atoms with Gasteiger partial charge in [-0.15, -0.1) is 0 Å². The minimum absolute atomic E-state index is 0.902. The average Bonchev–Trinajstić information content (AvgIpc) is 2.51. The van der Waals surface area contributed by atoms with Crippen LogP contribution in [-0.2, 0) is 0 Å². The fourth-order valence-corrected chi connectivity index (χ4v) is 1.69. The molecule has 0 amide bonds. The third-order valence-electron chi connectivity index (χ3n) is 2.50. The van der Waals surface area contributed by atoms with Crippen LogP contribution in [0.5, 0.6) is 0 Å². The van der Waals surface area contributed by atoms with E-state index in [2.05, 4.69) is 22.6 Å². The second kappa shape index (κ2) is 3.69. The molecule has 0 aromatic heterocycles. The van der Waals surface area contributed by atoms with E-state index < -0.39 is 0 Å². The highest BCUT2D eigenvalue weighted by atomic mass is 15.2. The average molecular weight is 199 g/mol. The summed E-state index contributed by atoms with van der Waals surface area (Å²) in [4.78, 5) is 10.2. The van der Waals surface area contributed by atoms with Gasteiger partial charge in [-0.3, -0.25) is 4.99 Å². The van der Waals surface area contributed by atoms with Gasteiger partial charge in [0.2, 0.25) is 0 Å². The van der Waals surface area contributed by atoms with E-state index >= 15 is 0 Å². The molecule has 76 valence electrons. The van der Waals surface area contributed by atoms with Crippen molar-refractivity contribution in [2.45, 2.75) is 0 Å². The van der Waals surface area contributed by atoms with Crippen molar-refractivity contribution in [3.8, 4) is 0 Å². The fourth-order valence-electron chi connectivity index (χ4n) is 1.69. The molecule has 15 heavy (non-hydrogen) atoms. The highest BCUT2D eigenvalue weighted by Crippen LogP contribution is 2.32. The highest BCUT2D eigenvalue weighted by Gasteiger charge is 2.25. The Morgan fingerprint density at radius 3 is 2.80 bits per heavy atom. The lowest BCUT2D eigenvalue weighted by atomic mass is 10.1. The third-order valence-corrected chi connectivity index (χ3v) is 2.50. The number of anilines is 1. The molecule has 0 aliphatic carbocycles. The first-order chi connectivity index (χ1) is 7.25. The molecule has 0 saturated heterocycles. The SMILES string of the molecule is C=C1C(=NC=NC)c2ccccc2N1C. The van der Waals surface area contributed by atoms with Gasteiger partial charge in [-0.1, -0.05) is 24.8 Å². The normalized spacial score (nSPS) is 17.9. The lowest BCUT2D eigenvalue weighted by Gasteiger charge is -2.11. The van der Waals surface area contributed by atoms with Crippen LogP contribution in [0.1, 0.15) is 5.56 Å². The zero-order chi connectivity index (χ0) is 10.8. The molecule has 0 bridgehead atoms. The van der Waals surface area contributed by atoms with Crippen LogP contribution < -0.4 is 4.90 Å². The van der Waals surface area contributed by atoms with Gasteiger partial charge in [-0.2, -0.15) is 0 Å². The highest BCUT2D eigenvalue weighted by molar-refractivity contribution is 6.23. The van der Waals surface area contributed by atoms with Crippen LogP contribution in [0.2, 0.25) is 0 Å². The number of nitrogens with zero attached hydrogens (tertiary/aromatic N) is 3. The van der Waals surface area contributed by atoms with Gasteiger partial charge < -0.3 is 4.90 Å². The van der Waals surface area contributed by atoms with Crippen molar-refractivity contribution in [2.24, 2.45) is 9.98 Å². The predicted molar refractivity (Wildman–Crippen MR) is 64.9 cm³/mol. The molecule has 3 heteroatoms. The van der Waals surface area contributed by atoms with Crippen LogP contribution in [0.15, 0.2) is 46.5 Å². The minimum atomic E-state index is 0.902. The first-order valence-electron chi connectivity index (χ1n) is 4.76. The van der Waals surface area contributed by atoms with Crippen molar-refractivity contribution in [3.05, 3.63) is 42.1 Å². The van der Waals surface area contributed by atoms with Gasteiger partial charge in [0.25, 0.3) is 0 Å². The Morgan fingerprint density at radius 1 is 1.33 bits per heavy atom. The Kier molecular flexibility index (Phi) is 2.37. The van der Waals surface area contributed by atoms with Crippen LogP contribution in [0, 0.1) is 0 Å². The predicted octanol–water partition coefficient (Wildman–Crippen LogP) is 2.10. The number of hydrogen-bond acceptors (Lipinski definition) is 2. The Bertz CT molecular complexity index is 458. The summed E-state index contributed by atoms with van der Waals surface area (Å²) in [5, 5.41) is 0. The summed E-state index contributed by atoms with van der Waals surface area (Å²) >= 11 is 0. The van der Waals surface area contributed by atoms with Gasteiger partial charge in [0.1, 0.15) is 6.34 Å². The molecule has 0 atom stereocenters. The number of allylic oxidation sites excluding steroid dienone is 1. The first-order valence-corrected chi connectivity index (χ1v) is 4.76. The topological polar surface area (TPSA) is 28.0 Å². The molecule has 0 unspecified atom stereocenters. The maximum absolute atomic E-state index is 4.30. The van der Waals surface area contributed by atoms with Gasteiger partial charge in [0.15, 0.2) is 0 Å². The zero-order valence-electron chi connectivity index (χ0n) is 8.94. The molecule has 1 aromatic rings. The van der Waals surface area contributed by atoms with Gasteiger partial charge in [0.05, 0.1) is 17.1 Å². The summed E-state index contributed by atoms with van der Waals surface area (Å²) in [7, 11) is 3.70. The molecular formula is C12H13N3. The molecule has 1 aromatic carbocycles. The lowest BCUT2D eigenvalue weighted by Crippen LogP contribution is -2.13. The molecule has 0 N–H and O–H groups in total. The smallest absolute Gasteiger partial charge is 0.110 e. The third kappa shape index (κ3) is 1.46. The van der Waals surface area contributed by atoms with E-state index in [-0.39, 0.29) is 0 Å². The number of rotatable bonds is 1. The number of para-hydroxylation sites is 1. The van der Waals surface area contributed by atoms with E-state index in [1.54, 1.807) is 13.4 Å². The van der Waals surface area contributed by atoms with E-state index in [4.69, 9.17) is 0 Å². The largest absolute Gasteiger partial charge is 0.343 e. The second-order valence-electron chi connectivity index (χ2n) is 3.37. The summed E-state index contributed by atoms with van der Waals surface area (Å²) < 4.78 is 0. The molecule has 0 saturated carbocycles. The van der Waals surface area contributed by atoms with E-state index in [0.717, 1.165) is 22.7 Å². The lowest BCUT2D eigenvalue weighted by molar-refractivity contribution is 1.20. The number of fused-ring (bicyclic) bond motifs is 1. The van der Waals surface area contributed by atoms with Crippen molar-refractivity contribution in [3.63, 3.8) is 0 Å². The molecule has 1 heterocycles. The summed E-state index contributed by atoms with van der Waals surface area (Å²) in [6, 6.07) is 8.13. The Labute approximate surface area is 89.5 Å². The van der Waals surface area contributed by atoms with Crippen molar-refractivity contribution < 1.29 is 0 Å². The number of aliphatic imine (C=N–C) groups is 2. The molecule has 3 nitrogen and oxygen atoms in total. The molecule has 1 aliphatic rings. The monoisotopic (exact) mass is 199 g/mol. The van der Waals surface area contributed by atoms with Crippen LogP contribution in [0.4, 0.5) is 5.69 Å². The number of hydrogen-bond donors (Lipinski definition) is 0. The van der Waals surface area contributed by atoms with E-state index in [0.29, 0.717) is 0 Å². The van der Waals surface area contributed by atoms with Crippen LogP contribution in [0.25, 0.3) is 0 Å². The van der Waals surface area contributed by atoms with Crippen molar-refractivity contribution >= 4 is 17.7 Å². The van der Waals surface area contributed by atoms with Crippen LogP contribution in [-0.4, -0.2) is 26.1 Å². The first kappa shape index (κ1) is 9.65. The van der Waals surface area contributed by atoms with E-state index in [1.807, 2.05) is 30.1 Å². The van der Waals surface area contributed by atoms with Crippen molar-refractivity contribution in [1.82, 2.24) is 0 Å². The van der Waals surface area contributed by atoms with Crippen molar-refractivity contribution in [2.75, 3.05) is 19.0 Å². The number of likely N-dealkylation sites (N-methyl/N-ethyl adjacent to an activating group) is 1. The van der Waals surface area contributed by atoms with E-state index in [9.17, 15) is 0 Å². The van der Waals surface area contributed by atoms with Crippen LogP contribution in [0.3, 0.4) is 0 Å². The Hall–Kier alpha value is -1.90. The minimum Gasteiger partial charge on any atom is -0.343 e. The van der Waals surface area contributed by atoms with Crippen molar-refractivity contribution in [1.29, 1.82) is 0 Å². The molecule has 0 radical (unpaired) electrons. The van der Waals surface area contributed by atoms with E-state index in [1.165, 1.54) is 0 Å². The van der Waals surface area contributed by atoms with Gasteiger partial charge in [0, 0.05) is 19.7 Å². The van der Waals surface area contributed by atoms with Gasteiger partial charge in [-0.05, 0) is 6.07 Å². The number of benzene rings is 1. The fraction of sp³-hybridized carbons (Fsp3) is 0.167. The Balaban J connectivity index is 2.56. The summed E-state index contributed by atoms with van der Waals surface area (Å²) in [6.45, 7) is 4.02. The maximum atomic E-state index is 4.30. The Morgan fingerprint density at radius 2 is 2.07 bits per heavy atom. The van der Waals surface area contributed by atoms with Gasteiger partial charge in [-0.25, -0.2) is 4.99 Å². The standard InChI is InChI=1S/C12H13N3/c1-9-12(14-8-13-2)10-6-4-5-7-11(10)15(9)3/h4-8H,1H2,2-3H3. The molecule has 0 fully saturated rings. The molecule has 0 spiro atoms. The van der Waals surface area contributed by atoms with Gasteiger partial charge >= 0.3 is 0 Å². The second-order valence-corrected chi connectivity index (χ2v) is 3.37. The molecule has 2 rings (SSSR count). The van der Waals surface area contributed by atoms with Crippen LogP contribution >= 0.6 is 0 Å². The molecule has 1 aliphatic heterocycles.